The van der Waals surface area contributed by atoms with Crippen LogP contribution >= 0.6 is 0 Å². The molecule has 0 rings (SSSR count). The van der Waals surface area contributed by atoms with Crippen molar-refractivity contribution < 1.29 is 43.1 Å². The van der Waals surface area contributed by atoms with Crippen molar-refractivity contribution >= 4 is 17.6 Å². The Balaban J connectivity index is -0.000000720. The van der Waals surface area contributed by atoms with Gasteiger partial charge in [0.15, 0.2) is 0 Å². The number of aldehydes is 1. The second-order valence-electron chi connectivity index (χ2n) is 2.83. The van der Waals surface area contributed by atoms with E-state index in [-0.39, 0.29) is 32.8 Å². The summed E-state index contributed by atoms with van der Waals surface area (Å²) < 4.78 is 24.4. The molecule has 3 atom stereocenters. The van der Waals surface area contributed by atoms with Crippen LogP contribution in [0.25, 0.3) is 0 Å². The van der Waals surface area contributed by atoms with Gasteiger partial charge in [-0.3, -0.25) is 4.18 Å². The third-order valence-corrected chi connectivity index (χ3v) is 2.01. The van der Waals surface area contributed by atoms with E-state index in [1.807, 2.05) is 6.92 Å². The summed E-state index contributed by atoms with van der Waals surface area (Å²) in [5, 5.41) is 8.55. The Labute approximate surface area is 99.4 Å². The molecule has 0 saturated heterocycles. The molecule has 0 aromatic rings. The standard InChI is InChI=1S/C7H14O5S.Li.H/c1-6(2-3-8)4-7(5-9)12-13(10)11;;/h5-8H,2-4H2,1H3,(H,10,11);;/q;+1;-1/p-1. The van der Waals surface area contributed by atoms with E-state index < -0.39 is 17.5 Å². The number of hydrogen-bond acceptors (Lipinski definition) is 5. The monoisotopic (exact) mass is 217 g/mol. The molecule has 0 heterocycles. The van der Waals surface area contributed by atoms with Gasteiger partial charge >= 0.3 is 18.9 Å². The smallest absolute Gasteiger partial charge is 1.00 e. The van der Waals surface area contributed by atoms with Crippen molar-refractivity contribution in [2.75, 3.05) is 6.61 Å². The van der Waals surface area contributed by atoms with Crippen LogP contribution in [0.1, 0.15) is 21.2 Å². The maximum absolute atomic E-state index is 10.3. The van der Waals surface area contributed by atoms with E-state index in [2.05, 4.69) is 4.18 Å². The molecule has 5 nitrogen and oxygen atoms in total. The van der Waals surface area contributed by atoms with Crippen molar-refractivity contribution in [3.8, 4) is 0 Å². The second-order valence-corrected chi connectivity index (χ2v) is 3.43. The summed E-state index contributed by atoms with van der Waals surface area (Å²) >= 11 is -2.66. The second kappa shape index (κ2) is 9.84. The number of aliphatic hydroxyl groups is 1. The van der Waals surface area contributed by atoms with Crippen LogP contribution in [-0.4, -0.2) is 32.9 Å². The molecule has 80 valence electrons. The molecular weight excluding hydrogens is 203 g/mol. The fourth-order valence-corrected chi connectivity index (χ4v) is 1.28. The molecule has 0 fully saturated rings. The van der Waals surface area contributed by atoms with Crippen LogP contribution in [0.2, 0.25) is 0 Å². The van der Waals surface area contributed by atoms with Gasteiger partial charge in [0.2, 0.25) is 0 Å². The first-order valence-electron chi connectivity index (χ1n) is 3.92. The van der Waals surface area contributed by atoms with Gasteiger partial charge in [0.25, 0.3) is 0 Å². The van der Waals surface area contributed by atoms with Gasteiger partial charge in [-0.2, -0.15) is 0 Å². The Morgan fingerprint density at radius 3 is 2.64 bits per heavy atom. The van der Waals surface area contributed by atoms with Crippen molar-refractivity contribution in [1.82, 2.24) is 0 Å². The third-order valence-electron chi connectivity index (χ3n) is 1.61. The molecule has 0 spiro atoms. The number of hydrogen-bond donors (Lipinski definition) is 1. The van der Waals surface area contributed by atoms with E-state index in [9.17, 15) is 13.6 Å². The van der Waals surface area contributed by atoms with E-state index in [4.69, 9.17) is 5.11 Å². The van der Waals surface area contributed by atoms with E-state index >= 15 is 0 Å². The topological polar surface area (TPSA) is 86.7 Å². The maximum Gasteiger partial charge on any atom is 1.00 e. The first-order valence-corrected chi connectivity index (χ1v) is 4.92. The Morgan fingerprint density at radius 1 is 1.71 bits per heavy atom. The summed E-state index contributed by atoms with van der Waals surface area (Å²) in [6.07, 6.45) is 0.348. The Bertz CT molecular complexity index is 183. The molecular formula is C7H14LiO5S-. The largest absolute Gasteiger partial charge is 1.00 e. The molecule has 0 aliphatic carbocycles. The first-order chi connectivity index (χ1) is 6.10. The van der Waals surface area contributed by atoms with Crippen LogP contribution in [0.3, 0.4) is 0 Å². The molecule has 3 unspecified atom stereocenters. The van der Waals surface area contributed by atoms with Gasteiger partial charge in [-0.15, -0.1) is 0 Å². The zero-order chi connectivity index (χ0) is 10.3. The van der Waals surface area contributed by atoms with Crippen LogP contribution in [-0.2, 0) is 20.3 Å². The zero-order valence-electron chi connectivity index (χ0n) is 9.34. The molecule has 0 bridgehead atoms. The number of rotatable bonds is 7. The van der Waals surface area contributed by atoms with Gasteiger partial charge in [-0.25, -0.2) is 4.21 Å². The molecule has 0 saturated carbocycles. The number of carbonyl (C=O) groups excluding carboxylic acids is 1. The Kier molecular flexibility index (Phi) is 11.7. The molecule has 0 aliphatic heterocycles. The Morgan fingerprint density at radius 2 is 2.29 bits per heavy atom. The fraction of sp³-hybridized carbons (Fsp3) is 0.857. The van der Waals surface area contributed by atoms with Gasteiger partial charge in [-0.05, 0) is 18.8 Å². The molecule has 0 radical (unpaired) electrons. The van der Waals surface area contributed by atoms with Crippen molar-refractivity contribution in [2.45, 2.75) is 25.9 Å². The van der Waals surface area contributed by atoms with Crippen LogP contribution in [0, 0.1) is 5.92 Å². The summed E-state index contributed by atoms with van der Waals surface area (Å²) in [6.45, 7) is 1.83. The van der Waals surface area contributed by atoms with Crippen molar-refractivity contribution in [3.05, 3.63) is 0 Å². The van der Waals surface area contributed by atoms with Crippen molar-refractivity contribution in [2.24, 2.45) is 5.92 Å². The molecule has 7 heteroatoms. The SMILES string of the molecule is CC(CCO)CC(C=O)OS(=O)[O-].[H-].[Li+]. The van der Waals surface area contributed by atoms with Crippen molar-refractivity contribution in [3.63, 3.8) is 0 Å². The average Bonchev–Trinajstić information content (AvgIpc) is 2.02. The number of aliphatic hydroxyl groups excluding tert-OH is 1. The normalized spacial score (nSPS) is 16.5. The van der Waals surface area contributed by atoms with Gasteiger partial charge < -0.3 is 15.9 Å². The van der Waals surface area contributed by atoms with Gasteiger partial charge in [0, 0.05) is 6.61 Å². The van der Waals surface area contributed by atoms with E-state index in [0.717, 1.165) is 0 Å². The zero-order valence-corrected chi connectivity index (χ0v) is 9.16. The van der Waals surface area contributed by atoms with E-state index in [1.165, 1.54) is 0 Å². The third kappa shape index (κ3) is 8.88. The molecule has 0 aliphatic rings. The molecule has 1 N–H and O–H groups in total. The van der Waals surface area contributed by atoms with E-state index in [1.54, 1.807) is 0 Å². The van der Waals surface area contributed by atoms with Gasteiger partial charge in [0.05, 0.1) is 11.4 Å². The van der Waals surface area contributed by atoms with Crippen LogP contribution in [0.5, 0.6) is 0 Å². The summed E-state index contributed by atoms with van der Waals surface area (Å²) in [5.41, 5.74) is 0. The first kappa shape index (κ1) is 16.7. The summed E-state index contributed by atoms with van der Waals surface area (Å²) in [5.74, 6) is 0.0590. The summed E-state index contributed by atoms with van der Waals surface area (Å²) in [6, 6.07) is 0. The Hall–Kier alpha value is 0.297. The predicted octanol–water partition coefficient (Wildman–Crippen LogP) is -3.11. The number of carbonyl (C=O) groups is 1. The average molecular weight is 217 g/mol. The summed E-state index contributed by atoms with van der Waals surface area (Å²) in [4.78, 5) is 10.3. The fourth-order valence-electron chi connectivity index (χ4n) is 0.953. The van der Waals surface area contributed by atoms with Crippen LogP contribution in [0.4, 0.5) is 0 Å². The van der Waals surface area contributed by atoms with Gasteiger partial charge in [-0.1, -0.05) is 6.92 Å². The molecule has 14 heavy (non-hydrogen) atoms. The molecule has 0 aromatic heterocycles. The van der Waals surface area contributed by atoms with Crippen LogP contribution < -0.4 is 18.9 Å². The predicted molar refractivity (Wildman–Crippen MR) is 46.5 cm³/mol. The molecule has 0 aromatic carbocycles. The minimum Gasteiger partial charge on any atom is -1.00 e. The minimum atomic E-state index is -2.66. The minimum absolute atomic E-state index is 0. The van der Waals surface area contributed by atoms with Gasteiger partial charge in [0.1, 0.15) is 12.4 Å². The summed E-state index contributed by atoms with van der Waals surface area (Å²) in [7, 11) is 0. The van der Waals surface area contributed by atoms with Crippen LogP contribution in [0.15, 0.2) is 0 Å². The molecule has 0 amide bonds. The maximum atomic E-state index is 10.3. The van der Waals surface area contributed by atoms with E-state index in [0.29, 0.717) is 19.1 Å². The quantitative estimate of drug-likeness (QED) is 0.277. The van der Waals surface area contributed by atoms with Crippen molar-refractivity contribution in [1.29, 1.82) is 0 Å².